The van der Waals surface area contributed by atoms with E-state index in [1.54, 1.807) is 12.1 Å². The number of halogens is 3. The predicted molar refractivity (Wildman–Crippen MR) is 88.0 cm³/mol. The van der Waals surface area contributed by atoms with Crippen LogP contribution in [-0.4, -0.2) is 25.0 Å². The summed E-state index contributed by atoms with van der Waals surface area (Å²) in [5, 5.41) is 3.65. The van der Waals surface area contributed by atoms with E-state index >= 15 is 0 Å². The standard InChI is InChI=1S/C14H12Cl3N3O/c1-20(2)11-5-3-8(7-10(11)16)18-14(21)13-9(15)4-6-12(17)19-13/h3-7H,1-2H3,(H,18,21). The van der Waals surface area contributed by atoms with E-state index in [9.17, 15) is 4.79 Å². The summed E-state index contributed by atoms with van der Waals surface area (Å²) in [7, 11) is 3.77. The number of pyridine rings is 1. The highest BCUT2D eigenvalue weighted by Gasteiger charge is 2.14. The van der Waals surface area contributed by atoms with Gasteiger partial charge in [0.25, 0.3) is 5.91 Å². The zero-order valence-corrected chi connectivity index (χ0v) is 13.6. The average molecular weight is 345 g/mol. The van der Waals surface area contributed by atoms with Gasteiger partial charge in [-0.1, -0.05) is 34.8 Å². The molecule has 0 saturated carbocycles. The maximum absolute atomic E-state index is 12.1. The Labute approximate surface area is 137 Å². The van der Waals surface area contributed by atoms with Crippen molar-refractivity contribution in [3.05, 3.63) is 51.2 Å². The average Bonchev–Trinajstić information content (AvgIpc) is 2.41. The number of nitrogens with one attached hydrogen (secondary N) is 1. The Bertz CT molecular complexity index is 689. The number of aromatic nitrogens is 1. The zero-order valence-electron chi connectivity index (χ0n) is 11.3. The van der Waals surface area contributed by atoms with Crippen molar-refractivity contribution in [2.75, 3.05) is 24.3 Å². The third-order valence-corrected chi connectivity index (χ3v) is 3.53. The van der Waals surface area contributed by atoms with E-state index in [4.69, 9.17) is 34.8 Å². The van der Waals surface area contributed by atoms with E-state index in [1.165, 1.54) is 12.1 Å². The van der Waals surface area contributed by atoms with E-state index in [-0.39, 0.29) is 15.9 Å². The zero-order chi connectivity index (χ0) is 15.6. The van der Waals surface area contributed by atoms with Crippen molar-refractivity contribution in [3.8, 4) is 0 Å². The second-order valence-corrected chi connectivity index (χ2v) is 5.68. The van der Waals surface area contributed by atoms with Crippen LogP contribution in [0.15, 0.2) is 30.3 Å². The number of rotatable bonds is 3. The Hall–Kier alpha value is -1.49. The number of hydrogen-bond donors (Lipinski definition) is 1. The Kier molecular flexibility index (Phi) is 4.93. The van der Waals surface area contributed by atoms with Gasteiger partial charge in [0.1, 0.15) is 10.8 Å². The third kappa shape index (κ3) is 3.79. The molecule has 1 amide bonds. The van der Waals surface area contributed by atoms with Crippen molar-refractivity contribution < 1.29 is 4.79 Å². The minimum Gasteiger partial charge on any atom is -0.376 e. The van der Waals surface area contributed by atoms with Crippen LogP contribution in [-0.2, 0) is 0 Å². The van der Waals surface area contributed by atoms with E-state index in [0.717, 1.165) is 5.69 Å². The van der Waals surface area contributed by atoms with Crippen LogP contribution in [0.1, 0.15) is 10.5 Å². The first kappa shape index (κ1) is 15.9. The molecule has 21 heavy (non-hydrogen) atoms. The molecule has 110 valence electrons. The largest absolute Gasteiger partial charge is 0.376 e. The highest BCUT2D eigenvalue weighted by molar-refractivity contribution is 6.35. The molecule has 4 nitrogen and oxygen atoms in total. The number of amides is 1. The second-order valence-electron chi connectivity index (χ2n) is 4.48. The van der Waals surface area contributed by atoms with Crippen LogP contribution in [0.3, 0.4) is 0 Å². The minimum absolute atomic E-state index is 0.0666. The van der Waals surface area contributed by atoms with Crippen molar-refractivity contribution in [3.63, 3.8) is 0 Å². The molecule has 0 unspecified atom stereocenters. The fourth-order valence-electron chi connectivity index (χ4n) is 1.72. The van der Waals surface area contributed by atoms with Gasteiger partial charge >= 0.3 is 0 Å². The molecular weight excluding hydrogens is 333 g/mol. The van der Waals surface area contributed by atoms with Gasteiger partial charge in [-0.25, -0.2) is 4.98 Å². The van der Waals surface area contributed by atoms with Crippen LogP contribution >= 0.6 is 34.8 Å². The lowest BCUT2D eigenvalue weighted by atomic mass is 10.2. The first-order valence-electron chi connectivity index (χ1n) is 5.99. The Morgan fingerprint density at radius 2 is 1.81 bits per heavy atom. The first-order valence-corrected chi connectivity index (χ1v) is 7.12. The molecule has 0 spiro atoms. The van der Waals surface area contributed by atoms with Crippen LogP contribution in [0.2, 0.25) is 15.2 Å². The minimum atomic E-state index is -0.448. The third-order valence-electron chi connectivity index (χ3n) is 2.71. The maximum Gasteiger partial charge on any atom is 0.275 e. The molecule has 0 aliphatic carbocycles. The molecule has 0 aliphatic rings. The smallest absolute Gasteiger partial charge is 0.275 e. The molecular formula is C14H12Cl3N3O. The van der Waals surface area contributed by atoms with Gasteiger partial charge in [-0.3, -0.25) is 4.79 Å². The van der Waals surface area contributed by atoms with Crippen LogP contribution in [0, 0.1) is 0 Å². The maximum atomic E-state index is 12.1. The van der Waals surface area contributed by atoms with Crippen molar-refractivity contribution in [1.82, 2.24) is 4.98 Å². The topological polar surface area (TPSA) is 45.2 Å². The molecule has 1 heterocycles. The lowest BCUT2D eigenvalue weighted by Gasteiger charge is -2.15. The van der Waals surface area contributed by atoms with E-state index < -0.39 is 5.91 Å². The van der Waals surface area contributed by atoms with Crippen LogP contribution < -0.4 is 10.2 Å². The molecule has 0 aliphatic heterocycles. The lowest BCUT2D eigenvalue weighted by Crippen LogP contribution is -2.15. The van der Waals surface area contributed by atoms with E-state index in [0.29, 0.717) is 10.7 Å². The molecule has 0 fully saturated rings. The predicted octanol–water partition coefficient (Wildman–Crippen LogP) is 4.36. The summed E-state index contributed by atoms with van der Waals surface area (Å²) in [6.45, 7) is 0. The summed E-state index contributed by atoms with van der Waals surface area (Å²) in [6, 6.07) is 8.26. The summed E-state index contributed by atoms with van der Waals surface area (Å²) >= 11 is 17.9. The Balaban J connectivity index is 2.24. The van der Waals surface area contributed by atoms with Gasteiger partial charge in [-0.2, -0.15) is 0 Å². The molecule has 0 bridgehead atoms. The van der Waals surface area contributed by atoms with E-state index in [1.807, 2.05) is 25.1 Å². The van der Waals surface area contributed by atoms with Crippen LogP contribution in [0.4, 0.5) is 11.4 Å². The second kappa shape index (κ2) is 6.52. The summed E-state index contributed by atoms with van der Waals surface area (Å²) in [6.07, 6.45) is 0. The molecule has 2 aromatic rings. The molecule has 0 radical (unpaired) electrons. The van der Waals surface area contributed by atoms with E-state index in [2.05, 4.69) is 10.3 Å². The molecule has 2 rings (SSSR count). The van der Waals surface area contributed by atoms with Gasteiger partial charge < -0.3 is 10.2 Å². The number of anilines is 2. The Morgan fingerprint density at radius 1 is 1.10 bits per heavy atom. The molecule has 7 heteroatoms. The summed E-state index contributed by atoms with van der Waals surface area (Å²) in [5.41, 5.74) is 1.47. The quantitative estimate of drug-likeness (QED) is 0.841. The van der Waals surface area contributed by atoms with Crippen molar-refractivity contribution >= 4 is 52.1 Å². The normalized spacial score (nSPS) is 10.3. The lowest BCUT2D eigenvalue weighted by molar-refractivity contribution is 0.102. The molecule has 1 N–H and O–H groups in total. The molecule has 1 aromatic heterocycles. The van der Waals surface area contributed by atoms with Gasteiger partial charge in [-0.15, -0.1) is 0 Å². The van der Waals surface area contributed by atoms with Crippen LogP contribution in [0.5, 0.6) is 0 Å². The highest BCUT2D eigenvalue weighted by Crippen LogP contribution is 2.28. The monoisotopic (exact) mass is 343 g/mol. The summed E-state index contributed by atoms with van der Waals surface area (Å²) < 4.78 is 0. The van der Waals surface area contributed by atoms with Crippen molar-refractivity contribution in [2.24, 2.45) is 0 Å². The van der Waals surface area contributed by atoms with Crippen molar-refractivity contribution in [2.45, 2.75) is 0 Å². The molecule has 1 aromatic carbocycles. The number of carbonyl (C=O) groups is 1. The number of carbonyl (C=O) groups excluding carboxylic acids is 1. The number of benzene rings is 1. The molecule has 0 atom stereocenters. The van der Waals surface area contributed by atoms with Gasteiger partial charge in [0, 0.05) is 19.8 Å². The van der Waals surface area contributed by atoms with Gasteiger partial charge in [0.15, 0.2) is 0 Å². The molecule has 0 saturated heterocycles. The Morgan fingerprint density at radius 3 is 2.43 bits per heavy atom. The fourth-order valence-corrected chi connectivity index (χ4v) is 2.40. The van der Waals surface area contributed by atoms with Gasteiger partial charge in [0.05, 0.1) is 15.7 Å². The van der Waals surface area contributed by atoms with Gasteiger partial charge in [-0.05, 0) is 30.3 Å². The fraction of sp³-hybridized carbons (Fsp3) is 0.143. The SMILES string of the molecule is CN(C)c1ccc(NC(=O)c2nc(Cl)ccc2Cl)cc1Cl. The first-order chi connectivity index (χ1) is 9.88. The summed E-state index contributed by atoms with van der Waals surface area (Å²) in [4.78, 5) is 17.9. The van der Waals surface area contributed by atoms with Crippen molar-refractivity contribution in [1.29, 1.82) is 0 Å². The number of hydrogen-bond acceptors (Lipinski definition) is 3. The summed E-state index contributed by atoms with van der Waals surface area (Å²) in [5.74, 6) is -0.448. The highest BCUT2D eigenvalue weighted by atomic mass is 35.5. The van der Waals surface area contributed by atoms with Gasteiger partial charge in [0.2, 0.25) is 0 Å². The number of nitrogens with zero attached hydrogens (tertiary/aromatic N) is 2. The van der Waals surface area contributed by atoms with Crippen LogP contribution in [0.25, 0.3) is 0 Å².